The van der Waals surface area contributed by atoms with E-state index in [1.165, 1.54) is 0 Å². The lowest BCUT2D eigenvalue weighted by Gasteiger charge is -2.28. The third-order valence-corrected chi connectivity index (χ3v) is 1.47. The summed E-state index contributed by atoms with van der Waals surface area (Å²) in [5.41, 5.74) is 0. The van der Waals surface area contributed by atoms with Crippen molar-refractivity contribution in [2.24, 2.45) is 0 Å². The maximum atomic E-state index is 5.27. The van der Waals surface area contributed by atoms with E-state index >= 15 is 0 Å². The molecule has 1 unspecified atom stereocenters. The molecule has 0 aromatic heterocycles. The van der Waals surface area contributed by atoms with Gasteiger partial charge in [0.05, 0.1) is 21.1 Å². The number of quaternary nitrogens is 1. The first kappa shape index (κ1) is 6.99. The summed E-state index contributed by atoms with van der Waals surface area (Å²) in [4.78, 5) is 0. The molecule has 54 valence electrons. The van der Waals surface area contributed by atoms with Crippen molar-refractivity contribution < 1.29 is 14.0 Å². The molecule has 0 bridgehead atoms. The van der Waals surface area contributed by atoms with Crippen LogP contribution in [0.2, 0.25) is 0 Å². The molecule has 9 heavy (non-hydrogen) atoms. The van der Waals surface area contributed by atoms with Gasteiger partial charge in [0.15, 0.2) is 6.79 Å². The third kappa shape index (κ3) is 1.64. The Morgan fingerprint density at radius 2 is 2.00 bits per heavy atom. The highest BCUT2D eigenvalue weighted by Crippen LogP contribution is 2.10. The summed E-state index contributed by atoms with van der Waals surface area (Å²) in [7, 11) is 6.29. The maximum Gasteiger partial charge on any atom is 0.219 e. The maximum absolute atomic E-state index is 5.27. The molecular formula is C6H14NO2+. The van der Waals surface area contributed by atoms with Crippen LogP contribution in [-0.2, 0) is 9.47 Å². The highest BCUT2D eigenvalue weighted by Gasteiger charge is 2.28. The number of likely N-dealkylation sites (N-methyl/N-ethyl adjacent to an activating group) is 1. The van der Waals surface area contributed by atoms with Crippen molar-refractivity contribution >= 4 is 0 Å². The number of hydrogen-bond donors (Lipinski definition) is 0. The van der Waals surface area contributed by atoms with Crippen LogP contribution in [0.5, 0.6) is 0 Å². The van der Waals surface area contributed by atoms with Crippen molar-refractivity contribution in [1.29, 1.82) is 0 Å². The Morgan fingerprint density at radius 1 is 1.33 bits per heavy atom. The van der Waals surface area contributed by atoms with Crippen LogP contribution in [0.1, 0.15) is 0 Å². The van der Waals surface area contributed by atoms with E-state index < -0.39 is 0 Å². The Morgan fingerprint density at radius 3 is 2.22 bits per heavy atom. The zero-order chi connectivity index (χ0) is 6.91. The lowest BCUT2D eigenvalue weighted by Crippen LogP contribution is -2.46. The molecule has 0 aromatic rings. The van der Waals surface area contributed by atoms with Crippen molar-refractivity contribution in [3.8, 4) is 0 Å². The average molecular weight is 132 g/mol. The standard InChI is InChI=1S/C6H14NO2/c1-7(2,3)6-4-8-5-9-6/h6H,4-5H2,1-3H3/q+1. The van der Waals surface area contributed by atoms with E-state index in [4.69, 9.17) is 9.47 Å². The first-order valence-electron chi connectivity index (χ1n) is 3.11. The first-order valence-corrected chi connectivity index (χ1v) is 3.11. The first-order chi connectivity index (χ1) is 4.11. The average Bonchev–Trinajstić information content (AvgIpc) is 2.08. The molecule has 1 aliphatic rings. The number of ether oxygens (including phenoxy) is 2. The monoisotopic (exact) mass is 132 g/mol. The molecule has 3 nitrogen and oxygen atoms in total. The minimum absolute atomic E-state index is 0.227. The number of rotatable bonds is 1. The summed E-state index contributed by atoms with van der Waals surface area (Å²) in [6, 6.07) is 0. The van der Waals surface area contributed by atoms with Crippen LogP contribution in [-0.4, -0.2) is 45.3 Å². The molecule has 1 rings (SSSR count). The molecule has 1 atom stereocenters. The van der Waals surface area contributed by atoms with Gasteiger partial charge in [0.1, 0.15) is 6.61 Å². The SMILES string of the molecule is C[N+](C)(C)C1COCO1. The van der Waals surface area contributed by atoms with Gasteiger partial charge in [0.2, 0.25) is 6.23 Å². The second-order valence-corrected chi connectivity index (χ2v) is 3.23. The fraction of sp³-hybridized carbons (Fsp3) is 1.00. The fourth-order valence-corrected chi connectivity index (χ4v) is 0.771. The lowest BCUT2D eigenvalue weighted by atomic mass is 10.5. The van der Waals surface area contributed by atoms with E-state index in [0.29, 0.717) is 6.79 Å². The van der Waals surface area contributed by atoms with Gasteiger partial charge in [-0.3, -0.25) is 0 Å². The van der Waals surface area contributed by atoms with Gasteiger partial charge < -0.3 is 14.0 Å². The van der Waals surface area contributed by atoms with Gasteiger partial charge in [-0.25, -0.2) is 0 Å². The van der Waals surface area contributed by atoms with Gasteiger partial charge in [-0.1, -0.05) is 0 Å². The van der Waals surface area contributed by atoms with Crippen LogP contribution in [0.4, 0.5) is 0 Å². The molecule has 0 aromatic carbocycles. The summed E-state index contributed by atoms with van der Waals surface area (Å²) < 4.78 is 11.1. The molecular weight excluding hydrogens is 118 g/mol. The minimum Gasteiger partial charge on any atom is -0.346 e. The highest BCUT2D eigenvalue weighted by molar-refractivity contribution is 4.44. The van der Waals surface area contributed by atoms with Gasteiger partial charge in [-0.15, -0.1) is 0 Å². The topological polar surface area (TPSA) is 18.5 Å². The molecule has 0 N–H and O–H groups in total. The van der Waals surface area contributed by atoms with Crippen LogP contribution < -0.4 is 0 Å². The zero-order valence-corrected chi connectivity index (χ0v) is 6.26. The minimum atomic E-state index is 0.227. The molecule has 0 spiro atoms. The number of nitrogens with zero attached hydrogens (tertiary/aromatic N) is 1. The molecule has 1 saturated heterocycles. The normalized spacial score (nSPS) is 29.0. The predicted molar refractivity (Wildman–Crippen MR) is 33.7 cm³/mol. The van der Waals surface area contributed by atoms with E-state index in [-0.39, 0.29) is 6.23 Å². The molecule has 1 fully saturated rings. The second kappa shape index (κ2) is 2.25. The largest absolute Gasteiger partial charge is 0.346 e. The van der Waals surface area contributed by atoms with Crippen LogP contribution in [0.25, 0.3) is 0 Å². The van der Waals surface area contributed by atoms with Crippen molar-refractivity contribution in [3.63, 3.8) is 0 Å². The molecule has 3 heteroatoms. The van der Waals surface area contributed by atoms with E-state index in [0.717, 1.165) is 11.1 Å². The third-order valence-electron chi connectivity index (χ3n) is 1.47. The van der Waals surface area contributed by atoms with Crippen LogP contribution in [0.3, 0.4) is 0 Å². The lowest BCUT2D eigenvalue weighted by molar-refractivity contribution is -0.915. The van der Waals surface area contributed by atoms with E-state index in [1.807, 2.05) is 0 Å². The smallest absolute Gasteiger partial charge is 0.219 e. The summed E-state index contributed by atoms with van der Waals surface area (Å²) in [6.07, 6.45) is 0.227. The van der Waals surface area contributed by atoms with E-state index in [2.05, 4.69) is 21.1 Å². The summed E-state index contributed by atoms with van der Waals surface area (Å²) in [6.45, 7) is 1.18. The Bertz CT molecular complexity index is 91.7. The highest BCUT2D eigenvalue weighted by atomic mass is 16.7. The predicted octanol–water partition coefficient (Wildman–Crippen LogP) is 0.0230. The van der Waals surface area contributed by atoms with Crippen molar-refractivity contribution in [1.82, 2.24) is 0 Å². The molecule has 0 radical (unpaired) electrons. The second-order valence-electron chi connectivity index (χ2n) is 3.23. The quantitative estimate of drug-likeness (QED) is 0.468. The molecule has 0 amide bonds. The van der Waals surface area contributed by atoms with E-state index in [1.54, 1.807) is 0 Å². The van der Waals surface area contributed by atoms with Gasteiger partial charge in [0.25, 0.3) is 0 Å². The van der Waals surface area contributed by atoms with E-state index in [9.17, 15) is 0 Å². The van der Waals surface area contributed by atoms with Gasteiger partial charge in [-0.05, 0) is 0 Å². The van der Waals surface area contributed by atoms with Crippen molar-refractivity contribution in [2.45, 2.75) is 6.23 Å². The van der Waals surface area contributed by atoms with Gasteiger partial charge in [-0.2, -0.15) is 0 Å². The molecule has 1 aliphatic heterocycles. The van der Waals surface area contributed by atoms with Gasteiger partial charge in [0, 0.05) is 0 Å². The number of hydrogen-bond acceptors (Lipinski definition) is 2. The van der Waals surface area contributed by atoms with Gasteiger partial charge >= 0.3 is 0 Å². The molecule has 1 heterocycles. The zero-order valence-electron chi connectivity index (χ0n) is 6.26. The van der Waals surface area contributed by atoms with Crippen LogP contribution in [0.15, 0.2) is 0 Å². The summed E-state index contributed by atoms with van der Waals surface area (Å²) in [5, 5.41) is 0. The molecule has 0 saturated carbocycles. The summed E-state index contributed by atoms with van der Waals surface area (Å²) in [5.74, 6) is 0. The Hall–Kier alpha value is -0.120. The molecule has 0 aliphatic carbocycles. The fourth-order valence-electron chi connectivity index (χ4n) is 0.771. The Labute approximate surface area is 55.8 Å². The Balaban J connectivity index is 2.42. The van der Waals surface area contributed by atoms with Crippen molar-refractivity contribution in [2.75, 3.05) is 34.5 Å². The van der Waals surface area contributed by atoms with Crippen LogP contribution in [0, 0.1) is 0 Å². The summed E-state index contributed by atoms with van der Waals surface area (Å²) >= 11 is 0. The Kier molecular flexibility index (Phi) is 1.75. The van der Waals surface area contributed by atoms with Crippen molar-refractivity contribution in [3.05, 3.63) is 0 Å². The van der Waals surface area contributed by atoms with Crippen LogP contribution >= 0.6 is 0 Å².